The van der Waals surface area contributed by atoms with Gasteiger partial charge in [0.15, 0.2) is 0 Å². The van der Waals surface area contributed by atoms with E-state index in [0.717, 1.165) is 12.1 Å². The molecule has 0 saturated carbocycles. The van der Waals surface area contributed by atoms with Gasteiger partial charge in [-0.15, -0.1) is 0 Å². The molecular formula is C20H46O3Si2. The molecule has 2 unspecified atom stereocenters. The van der Waals surface area contributed by atoms with Gasteiger partial charge in [-0.2, -0.15) is 0 Å². The average molecular weight is 391 g/mol. The summed E-state index contributed by atoms with van der Waals surface area (Å²) in [6.07, 6.45) is 15.8. The highest BCUT2D eigenvalue weighted by Gasteiger charge is 2.41. The lowest BCUT2D eigenvalue weighted by atomic mass is 10.1. The van der Waals surface area contributed by atoms with Crippen molar-refractivity contribution in [3.63, 3.8) is 0 Å². The molecule has 3 nitrogen and oxygen atoms in total. The van der Waals surface area contributed by atoms with Crippen LogP contribution in [0.4, 0.5) is 0 Å². The Morgan fingerprint density at radius 2 is 0.840 bits per heavy atom. The molecule has 152 valence electrons. The molecule has 0 bridgehead atoms. The van der Waals surface area contributed by atoms with Gasteiger partial charge in [0.05, 0.1) is 0 Å². The van der Waals surface area contributed by atoms with Crippen LogP contribution < -0.4 is 0 Å². The average Bonchev–Trinajstić information content (AvgIpc) is 2.61. The highest BCUT2D eigenvalue weighted by Crippen LogP contribution is 2.27. The summed E-state index contributed by atoms with van der Waals surface area (Å²) in [4.78, 5) is 0. The molecule has 5 heteroatoms. The van der Waals surface area contributed by atoms with Crippen molar-refractivity contribution < 1.29 is 13.0 Å². The fourth-order valence-electron chi connectivity index (χ4n) is 3.30. The Labute approximate surface area is 160 Å². The fraction of sp³-hybridized carbons (Fsp3) is 1.00. The summed E-state index contributed by atoms with van der Waals surface area (Å²) >= 11 is 0. The Hall–Kier alpha value is 0.314. The first-order chi connectivity index (χ1) is 11.9. The van der Waals surface area contributed by atoms with E-state index in [1.165, 1.54) is 77.0 Å². The summed E-state index contributed by atoms with van der Waals surface area (Å²) < 4.78 is 18.4. The predicted molar refractivity (Wildman–Crippen MR) is 115 cm³/mol. The van der Waals surface area contributed by atoms with Gasteiger partial charge >= 0.3 is 17.1 Å². The van der Waals surface area contributed by atoms with Gasteiger partial charge in [-0.1, -0.05) is 90.9 Å². The highest BCUT2D eigenvalue weighted by atomic mass is 28.5. The summed E-state index contributed by atoms with van der Waals surface area (Å²) in [5.41, 5.74) is 0. The van der Waals surface area contributed by atoms with Crippen molar-refractivity contribution >= 4 is 17.1 Å². The van der Waals surface area contributed by atoms with E-state index in [4.69, 9.17) is 13.0 Å². The molecular weight excluding hydrogens is 344 g/mol. The molecule has 0 fully saturated rings. The van der Waals surface area contributed by atoms with Crippen LogP contribution in [0, 0.1) is 0 Å². The molecule has 0 spiro atoms. The Balaban J connectivity index is 4.20. The zero-order chi connectivity index (χ0) is 19.0. The van der Waals surface area contributed by atoms with Crippen LogP contribution in [-0.2, 0) is 13.0 Å². The van der Waals surface area contributed by atoms with Gasteiger partial charge in [0.2, 0.25) is 0 Å². The van der Waals surface area contributed by atoms with Crippen LogP contribution in [-0.4, -0.2) is 31.3 Å². The van der Waals surface area contributed by atoms with Crippen LogP contribution in [0.1, 0.15) is 90.9 Å². The summed E-state index contributed by atoms with van der Waals surface area (Å²) in [5.74, 6) is 0. The van der Waals surface area contributed by atoms with Crippen molar-refractivity contribution in [3.8, 4) is 0 Å². The Morgan fingerprint density at radius 1 is 0.520 bits per heavy atom. The largest absolute Gasteiger partial charge is 0.415 e. The van der Waals surface area contributed by atoms with Crippen molar-refractivity contribution in [1.82, 2.24) is 0 Å². The maximum atomic E-state index is 6.61. The molecule has 0 aliphatic heterocycles. The van der Waals surface area contributed by atoms with E-state index in [1.54, 1.807) is 0 Å². The van der Waals surface area contributed by atoms with Crippen molar-refractivity contribution in [1.29, 1.82) is 0 Å². The van der Waals surface area contributed by atoms with Crippen molar-refractivity contribution in [2.75, 3.05) is 14.2 Å². The second-order valence-corrected chi connectivity index (χ2v) is 15.0. The van der Waals surface area contributed by atoms with E-state index < -0.39 is 17.1 Å². The first kappa shape index (κ1) is 25.3. The molecule has 0 radical (unpaired) electrons. The Kier molecular flexibility index (Phi) is 15.6. The molecule has 2 atom stereocenters. The maximum absolute atomic E-state index is 6.61. The van der Waals surface area contributed by atoms with Crippen LogP contribution in [0.2, 0.25) is 25.2 Å². The normalized spacial score (nSPS) is 16.6. The van der Waals surface area contributed by atoms with Gasteiger partial charge in [-0.25, -0.2) is 0 Å². The van der Waals surface area contributed by atoms with Crippen LogP contribution >= 0.6 is 0 Å². The smallest absolute Gasteiger partial charge is 0.325 e. The third-order valence-electron chi connectivity index (χ3n) is 5.26. The molecule has 0 aromatic rings. The van der Waals surface area contributed by atoms with E-state index in [1.807, 2.05) is 14.2 Å². The molecule has 0 aromatic carbocycles. The minimum Gasteiger partial charge on any atom is -0.415 e. The number of rotatable bonds is 18. The highest BCUT2D eigenvalue weighted by molar-refractivity contribution is 6.80. The van der Waals surface area contributed by atoms with Crippen molar-refractivity contribution in [3.05, 3.63) is 0 Å². The zero-order valence-electron chi connectivity index (χ0n) is 18.1. The number of hydrogen-bond donors (Lipinski definition) is 0. The first-order valence-electron chi connectivity index (χ1n) is 10.8. The molecule has 0 amide bonds. The van der Waals surface area contributed by atoms with Crippen LogP contribution in [0.3, 0.4) is 0 Å². The van der Waals surface area contributed by atoms with E-state index in [0.29, 0.717) is 0 Å². The Morgan fingerprint density at radius 3 is 1.16 bits per heavy atom. The van der Waals surface area contributed by atoms with Gasteiger partial charge in [-0.3, -0.25) is 0 Å². The van der Waals surface area contributed by atoms with Gasteiger partial charge < -0.3 is 13.0 Å². The fourth-order valence-corrected chi connectivity index (χ4v) is 10.6. The van der Waals surface area contributed by atoms with Gasteiger partial charge in [0.25, 0.3) is 0 Å². The lowest BCUT2D eigenvalue weighted by molar-refractivity contribution is 0.238. The maximum Gasteiger partial charge on any atom is 0.325 e. The molecule has 0 aliphatic carbocycles. The lowest BCUT2D eigenvalue weighted by Crippen LogP contribution is -2.51. The molecule has 0 N–H and O–H groups in total. The minimum atomic E-state index is -2.09. The van der Waals surface area contributed by atoms with Crippen molar-refractivity contribution in [2.24, 2.45) is 0 Å². The van der Waals surface area contributed by atoms with Gasteiger partial charge in [-0.05, 0) is 25.2 Å². The van der Waals surface area contributed by atoms with Crippen LogP contribution in [0.15, 0.2) is 0 Å². The standard InChI is InChI=1S/C20H46O3Si2/c1-7-9-11-13-15-17-19-24(5,21-3)23-25(6,22-4)20-18-16-14-12-10-8-2/h7-20H2,1-6H3. The van der Waals surface area contributed by atoms with Gasteiger partial charge in [0, 0.05) is 14.2 Å². The number of hydrogen-bond acceptors (Lipinski definition) is 3. The summed E-state index contributed by atoms with van der Waals surface area (Å²) in [5, 5.41) is 0. The molecule has 0 aliphatic rings. The van der Waals surface area contributed by atoms with E-state index in [9.17, 15) is 0 Å². The Bertz CT molecular complexity index is 277. The first-order valence-corrected chi connectivity index (χ1v) is 15.8. The van der Waals surface area contributed by atoms with E-state index >= 15 is 0 Å². The lowest BCUT2D eigenvalue weighted by Gasteiger charge is -2.35. The molecule has 0 aromatic heterocycles. The third kappa shape index (κ3) is 13.2. The summed E-state index contributed by atoms with van der Waals surface area (Å²) in [6, 6.07) is 2.19. The molecule has 25 heavy (non-hydrogen) atoms. The van der Waals surface area contributed by atoms with Crippen LogP contribution in [0.5, 0.6) is 0 Å². The number of unbranched alkanes of at least 4 members (excludes halogenated alkanes) is 10. The summed E-state index contributed by atoms with van der Waals surface area (Å²) in [6.45, 7) is 8.99. The summed E-state index contributed by atoms with van der Waals surface area (Å²) in [7, 11) is -0.522. The van der Waals surface area contributed by atoms with Crippen molar-refractivity contribution in [2.45, 2.75) is 116 Å². The predicted octanol–water partition coefficient (Wildman–Crippen LogP) is 7.16. The molecule has 0 heterocycles. The quantitative estimate of drug-likeness (QED) is 0.183. The van der Waals surface area contributed by atoms with E-state index in [-0.39, 0.29) is 0 Å². The second-order valence-electron chi connectivity index (χ2n) is 7.81. The zero-order valence-corrected chi connectivity index (χ0v) is 20.1. The van der Waals surface area contributed by atoms with Crippen LogP contribution in [0.25, 0.3) is 0 Å². The van der Waals surface area contributed by atoms with Gasteiger partial charge in [0.1, 0.15) is 0 Å². The minimum absolute atomic E-state index is 1.10. The van der Waals surface area contributed by atoms with E-state index in [2.05, 4.69) is 26.9 Å². The molecule has 0 saturated heterocycles. The third-order valence-corrected chi connectivity index (χ3v) is 13.0. The monoisotopic (exact) mass is 390 g/mol. The molecule has 0 rings (SSSR count). The topological polar surface area (TPSA) is 27.7 Å². The SMILES string of the molecule is CCCCCCCC[Si](C)(OC)O[Si](C)(CCCCCCCC)OC. The second kappa shape index (κ2) is 15.4.